The van der Waals surface area contributed by atoms with Crippen LogP contribution < -0.4 is 27.6 Å². The Kier molecular flexibility index (Phi) is 11.6. The minimum Gasteiger partial charge on any atom is -0.495 e. The third kappa shape index (κ3) is 7.65. The lowest BCUT2D eigenvalue weighted by atomic mass is 9.75. The zero-order valence-corrected chi connectivity index (χ0v) is 45.3. The number of aromatic nitrogens is 2. The quantitative estimate of drug-likeness (QED) is 0.0775. The first-order valence-corrected chi connectivity index (χ1v) is 27.9. The predicted octanol–water partition coefficient (Wildman–Crippen LogP) is 5.74. The molecule has 19 nitrogen and oxygen atoms in total. The number of ether oxygens (including phenoxy) is 1. The monoisotopic (exact) mass is 1110 g/mol. The van der Waals surface area contributed by atoms with Gasteiger partial charge in [-0.2, -0.15) is 0 Å². The molecule has 14 rings (SSSR count). The van der Waals surface area contributed by atoms with Crippen molar-refractivity contribution < 1.29 is 43.1 Å². The molecule has 4 aliphatic heterocycles. The summed E-state index contributed by atoms with van der Waals surface area (Å²) in [5.41, 5.74) is 1.19. The molecule has 3 fully saturated rings. The highest BCUT2D eigenvalue weighted by Gasteiger charge is 2.56. The molecule has 83 heavy (non-hydrogen) atoms. The highest BCUT2D eigenvalue weighted by atomic mass is 16.5. The molecule has 6 amide bonds. The van der Waals surface area contributed by atoms with E-state index in [4.69, 9.17) is 4.74 Å². The summed E-state index contributed by atoms with van der Waals surface area (Å²) in [6, 6.07) is 21.3. The minimum atomic E-state index is -1.13. The molecule has 3 aliphatic carbocycles. The molecule has 7 aromatic rings. The maximum Gasteiger partial charge on any atom is 0.261 e. The Balaban J connectivity index is 0.641. The molecule has 0 spiro atoms. The van der Waals surface area contributed by atoms with Crippen LogP contribution in [0.5, 0.6) is 0 Å². The maximum absolute atomic E-state index is 14.2. The second-order valence-corrected chi connectivity index (χ2v) is 23.7. The number of nitrogens with zero attached hydrogens (tertiary/aromatic N) is 5. The van der Waals surface area contributed by atoms with Gasteiger partial charge in [0.1, 0.15) is 6.10 Å². The van der Waals surface area contributed by atoms with Crippen LogP contribution in [0.15, 0.2) is 117 Å². The van der Waals surface area contributed by atoms with Crippen LogP contribution in [0.2, 0.25) is 0 Å². The number of benzene rings is 5. The summed E-state index contributed by atoms with van der Waals surface area (Å²) in [7, 11) is 2.03. The van der Waals surface area contributed by atoms with E-state index in [2.05, 4.69) is 30.6 Å². The third-order valence-electron chi connectivity index (χ3n) is 19.6. The largest absolute Gasteiger partial charge is 0.495 e. The van der Waals surface area contributed by atoms with E-state index in [1.807, 2.05) is 19.2 Å². The van der Waals surface area contributed by atoms with Crippen LogP contribution in [0.4, 0.5) is 0 Å². The standard InChI is InChI=1S/C64H52N6O13/c1-5-83-37(26-69-58(76)41-13-9-33(20-48(41)60(69)78)53(71)31-6-10-38-28(2)66(4)29(3)42(38)17-31)27-70-63(81)51-22-49-50(23-52(51)64(70)82)62(80)68(61(49)79)25-36-16-35-21-44(36)45-15-30(14-43(35)45)24-67-57(75)40-12-8-34(19-47(40)59(67)77)54(72)32-7-11-39-46(18-32)56(74)65-55(39)73/h5-13,17-20,22-23,28-30,35-37,43-45H,1,14-16,21,24-27H2,2-4H3,(H,65,73,74). The Hall–Kier alpha value is -9.36. The van der Waals surface area contributed by atoms with Gasteiger partial charge < -0.3 is 4.74 Å². The van der Waals surface area contributed by atoms with Gasteiger partial charge >= 0.3 is 0 Å². The zero-order chi connectivity index (χ0) is 57.9. The van der Waals surface area contributed by atoms with Gasteiger partial charge in [-0.25, -0.2) is 0 Å². The molecular weight excluding hydrogens is 1060 g/mol. The van der Waals surface area contributed by atoms with Gasteiger partial charge in [0, 0.05) is 47.4 Å². The SMILES string of the molecule is C=COC(CN1C(=O)c2ccc(C(=O)c3ccc4c(c3)C(C)N(C)C4C)cc2C1=O)Cn1c(=O)c2cc3c(=O)n(CC4CC5CC4C4CC(CN6C(=O)c7ccc(C(=O)c8ccc9c(c8)C(=O)NC9=O)cc7C6=O)CC54)c(=O)c3cc2c1=O. The van der Waals surface area contributed by atoms with Crippen molar-refractivity contribution >= 4 is 68.6 Å². The lowest BCUT2D eigenvalue weighted by Gasteiger charge is -2.31. The van der Waals surface area contributed by atoms with E-state index >= 15 is 0 Å². The van der Waals surface area contributed by atoms with Crippen molar-refractivity contribution in [2.45, 2.75) is 70.8 Å². The zero-order valence-electron chi connectivity index (χ0n) is 45.3. The molecule has 5 aromatic carbocycles. The van der Waals surface area contributed by atoms with E-state index in [1.54, 1.807) is 6.07 Å². The summed E-state index contributed by atoms with van der Waals surface area (Å²) in [4.78, 5) is 168. The van der Waals surface area contributed by atoms with Crippen LogP contribution in [-0.2, 0) is 17.8 Å². The van der Waals surface area contributed by atoms with Crippen molar-refractivity contribution in [1.82, 2.24) is 29.2 Å². The fourth-order valence-electron chi connectivity index (χ4n) is 15.3. The van der Waals surface area contributed by atoms with Crippen LogP contribution >= 0.6 is 0 Å². The number of amides is 6. The highest BCUT2D eigenvalue weighted by molar-refractivity contribution is 6.25. The van der Waals surface area contributed by atoms with E-state index < -0.39 is 76.1 Å². The van der Waals surface area contributed by atoms with Crippen molar-refractivity contribution in [2.75, 3.05) is 20.1 Å². The Bertz CT molecular complexity index is 4370. The number of nitrogens with one attached hydrogen (secondary N) is 1. The van der Waals surface area contributed by atoms with Crippen molar-refractivity contribution in [1.29, 1.82) is 0 Å². The van der Waals surface area contributed by atoms with Crippen LogP contribution in [0.1, 0.15) is 157 Å². The van der Waals surface area contributed by atoms with E-state index in [0.29, 0.717) is 17.4 Å². The molecule has 416 valence electrons. The normalized spacial score (nSPS) is 24.3. The third-order valence-corrected chi connectivity index (χ3v) is 19.6. The molecule has 2 bridgehead atoms. The van der Waals surface area contributed by atoms with Gasteiger partial charge in [0.2, 0.25) is 0 Å². The van der Waals surface area contributed by atoms with Gasteiger partial charge in [0.15, 0.2) is 11.6 Å². The summed E-state index contributed by atoms with van der Waals surface area (Å²) < 4.78 is 7.82. The molecule has 6 heterocycles. The van der Waals surface area contributed by atoms with Gasteiger partial charge in [-0.1, -0.05) is 36.9 Å². The molecular formula is C64H52N6O13. The average Bonchev–Trinajstić information content (AvgIpc) is 4.45. The first kappa shape index (κ1) is 51.8. The van der Waals surface area contributed by atoms with Crippen LogP contribution in [-0.4, -0.2) is 97.1 Å². The number of hydrogen-bond acceptors (Lipinski definition) is 14. The predicted molar refractivity (Wildman–Crippen MR) is 299 cm³/mol. The first-order valence-electron chi connectivity index (χ1n) is 27.9. The highest BCUT2D eigenvalue weighted by Crippen LogP contribution is 2.62. The van der Waals surface area contributed by atoms with Crippen molar-refractivity contribution in [3.05, 3.63) is 206 Å². The van der Waals surface area contributed by atoms with Crippen LogP contribution in [0.25, 0.3) is 21.5 Å². The summed E-state index contributed by atoms with van der Waals surface area (Å²) in [6.45, 7) is 7.35. The molecule has 9 unspecified atom stereocenters. The number of carbonyl (C=O) groups excluding carboxylic acids is 8. The summed E-state index contributed by atoms with van der Waals surface area (Å²) in [6.07, 6.45) is 3.21. The molecule has 0 saturated heterocycles. The minimum absolute atomic E-state index is 0.00167. The average molecular weight is 1110 g/mol. The second-order valence-electron chi connectivity index (χ2n) is 23.7. The van der Waals surface area contributed by atoms with E-state index in [-0.39, 0.29) is 133 Å². The number of rotatable bonds is 14. The van der Waals surface area contributed by atoms with Crippen LogP contribution in [0, 0.1) is 35.5 Å². The molecule has 2 aromatic heterocycles. The molecule has 9 atom stereocenters. The number of ketones is 2. The molecule has 1 N–H and O–H groups in total. The van der Waals surface area contributed by atoms with Crippen molar-refractivity contribution in [3.8, 4) is 0 Å². The lowest BCUT2D eigenvalue weighted by molar-refractivity contribution is 0.0485. The number of fused-ring (bicyclic) bond motifs is 11. The molecule has 19 heteroatoms. The first-order chi connectivity index (χ1) is 39.8. The summed E-state index contributed by atoms with van der Waals surface area (Å²) in [5.74, 6) is -3.10. The fourth-order valence-corrected chi connectivity index (χ4v) is 15.3. The number of imide groups is 3. The van der Waals surface area contributed by atoms with Gasteiger partial charge in [-0.05, 0) is 148 Å². The lowest BCUT2D eigenvalue weighted by Crippen LogP contribution is -2.42. The van der Waals surface area contributed by atoms with E-state index in [0.717, 1.165) is 52.5 Å². The smallest absolute Gasteiger partial charge is 0.261 e. The Labute approximate surface area is 471 Å². The Morgan fingerprint density at radius 1 is 0.530 bits per heavy atom. The van der Waals surface area contributed by atoms with Crippen LogP contribution in [0.3, 0.4) is 0 Å². The Morgan fingerprint density at radius 2 is 1.02 bits per heavy atom. The van der Waals surface area contributed by atoms with Crippen molar-refractivity contribution in [3.63, 3.8) is 0 Å². The maximum atomic E-state index is 14.2. The van der Waals surface area contributed by atoms with E-state index in [9.17, 15) is 57.5 Å². The second kappa shape index (κ2) is 18.6. The topological polar surface area (TPSA) is 246 Å². The molecule has 0 radical (unpaired) electrons. The van der Waals surface area contributed by atoms with Crippen molar-refractivity contribution in [2.24, 2.45) is 35.5 Å². The number of carbonyl (C=O) groups is 8. The molecule has 7 aliphatic rings. The Morgan fingerprint density at radius 3 is 1.64 bits per heavy atom. The fraction of sp³-hybridized carbons (Fsp3) is 0.312. The van der Waals surface area contributed by atoms with Gasteiger partial charge in [-0.3, -0.25) is 86.7 Å². The van der Waals surface area contributed by atoms with Gasteiger partial charge in [0.05, 0.1) is 74.3 Å². The van der Waals surface area contributed by atoms with Gasteiger partial charge in [0.25, 0.3) is 57.7 Å². The summed E-state index contributed by atoms with van der Waals surface area (Å²) in [5, 5.41) is 2.05. The van der Waals surface area contributed by atoms with E-state index in [1.165, 1.54) is 76.2 Å². The number of hydrogen-bond donors (Lipinski definition) is 1. The summed E-state index contributed by atoms with van der Waals surface area (Å²) >= 11 is 0. The van der Waals surface area contributed by atoms with Gasteiger partial charge in [-0.15, -0.1) is 0 Å². The molecule has 3 saturated carbocycles.